The predicted molar refractivity (Wildman–Crippen MR) is 127 cm³/mol. The summed E-state index contributed by atoms with van der Waals surface area (Å²) in [7, 11) is 1.48. The van der Waals surface area contributed by atoms with Crippen LogP contribution in [0, 0.1) is 11.3 Å². The Balaban J connectivity index is 1.77. The second-order valence-corrected chi connectivity index (χ2v) is 7.40. The first-order valence-corrected chi connectivity index (χ1v) is 10.5. The zero-order valence-corrected chi connectivity index (χ0v) is 18.8. The van der Waals surface area contributed by atoms with Gasteiger partial charge in [0.05, 0.1) is 23.8 Å². The van der Waals surface area contributed by atoms with Gasteiger partial charge in [-0.15, -0.1) is 0 Å². The summed E-state index contributed by atoms with van der Waals surface area (Å²) in [5, 5.41) is 14.1. The normalized spacial score (nSPS) is 11.0. The van der Waals surface area contributed by atoms with E-state index in [-0.39, 0.29) is 12.0 Å². The summed E-state index contributed by atoms with van der Waals surface area (Å²) in [6.07, 6.45) is -1.51. The Kier molecular flexibility index (Phi) is 8.21. The highest BCUT2D eigenvalue weighted by molar-refractivity contribution is 6.32. The molecule has 3 aromatic carbocycles. The molecule has 0 fully saturated rings. The van der Waals surface area contributed by atoms with E-state index in [9.17, 15) is 14.4 Å². The number of carbonyl (C=O) groups is 3. The highest BCUT2D eigenvalue weighted by atomic mass is 35.5. The number of ether oxygens (including phenoxy) is 2. The third kappa shape index (κ3) is 6.34. The van der Waals surface area contributed by atoms with Crippen molar-refractivity contribution in [1.29, 1.82) is 5.26 Å². The molecule has 0 aromatic heterocycles. The third-order valence-corrected chi connectivity index (χ3v) is 4.92. The lowest BCUT2D eigenvalue weighted by atomic mass is 10.1. The van der Waals surface area contributed by atoms with E-state index in [0.29, 0.717) is 27.7 Å². The van der Waals surface area contributed by atoms with Crippen LogP contribution in [0.5, 0.6) is 5.75 Å². The number of anilines is 2. The Morgan fingerprint density at radius 1 is 0.971 bits per heavy atom. The molecule has 0 spiro atoms. The van der Waals surface area contributed by atoms with Crippen molar-refractivity contribution in [2.75, 3.05) is 17.7 Å². The first-order valence-electron chi connectivity index (χ1n) is 10.1. The summed E-state index contributed by atoms with van der Waals surface area (Å²) in [5.74, 6) is -1.30. The lowest BCUT2D eigenvalue weighted by molar-refractivity contribution is -0.125. The van der Waals surface area contributed by atoms with Crippen LogP contribution in [0.2, 0.25) is 5.02 Å². The number of nitriles is 1. The van der Waals surface area contributed by atoms with E-state index < -0.39 is 23.9 Å². The quantitative estimate of drug-likeness (QED) is 0.452. The molecule has 0 aliphatic carbocycles. The molecule has 8 nitrogen and oxygen atoms in total. The molecule has 0 aliphatic rings. The van der Waals surface area contributed by atoms with Gasteiger partial charge in [0.15, 0.2) is 0 Å². The van der Waals surface area contributed by atoms with Crippen molar-refractivity contribution in [3.8, 4) is 11.8 Å². The number of amides is 2. The number of rotatable bonds is 8. The van der Waals surface area contributed by atoms with Gasteiger partial charge in [0.1, 0.15) is 12.2 Å². The fourth-order valence-electron chi connectivity index (χ4n) is 2.99. The first-order chi connectivity index (χ1) is 16.4. The summed E-state index contributed by atoms with van der Waals surface area (Å²) in [6, 6.07) is 21.0. The Morgan fingerprint density at radius 3 is 2.26 bits per heavy atom. The molecule has 3 aromatic rings. The van der Waals surface area contributed by atoms with Crippen molar-refractivity contribution in [2.45, 2.75) is 12.5 Å². The number of halogens is 1. The van der Waals surface area contributed by atoms with Gasteiger partial charge < -0.3 is 20.1 Å². The first kappa shape index (κ1) is 24.3. The van der Waals surface area contributed by atoms with Gasteiger partial charge in [0, 0.05) is 16.9 Å². The minimum absolute atomic E-state index is 0.180. The summed E-state index contributed by atoms with van der Waals surface area (Å²) in [5.41, 5.74) is 1.49. The average Bonchev–Trinajstić information content (AvgIpc) is 2.83. The minimum Gasteiger partial charge on any atom is -0.495 e. The van der Waals surface area contributed by atoms with Crippen molar-refractivity contribution < 1.29 is 23.9 Å². The fourth-order valence-corrected chi connectivity index (χ4v) is 3.25. The molecule has 3 rings (SSSR count). The molecule has 0 unspecified atom stereocenters. The summed E-state index contributed by atoms with van der Waals surface area (Å²) < 4.78 is 10.7. The molecule has 2 N–H and O–H groups in total. The van der Waals surface area contributed by atoms with E-state index in [4.69, 9.17) is 26.3 Å². The molecule has 34 heavy (non-hydrogen) atoms. The van der Waals surface area contributed by atoms with Gasteiger partial charge >= 0.3 is 5.97 Å². The molecule has 0 radical (unpaired) electrons. The van der Waals surface area contributed by atoms with Crippen molar-refractivity contribution in [1.82, 2.24) is 0 Å². The second-order valence-electron chi connectivity index (χ2n) is 7.00. The van der Waals surface area contributed by atoms with E-state index in [1.165, 1.54) is 37.4 Å². The molecule has 1 atom stereocenters. The summed E-state index contributed by atoms with van der Waals surface area (Å²) >= 11 is 6.13. The number of esters is 1. The van der Waals surface area contributed by atoms with Gasteiger partial charge in [0.25, 0.3) is 5.91 Å². The lowest BCUT2D eigenvalue weighted by Crippen LogP contribution is -2.26. The number of carbonyl (C=O) groups excluding carboxylic acids is 3. The monoisotopic (exact) mass is 477 g/mol. The highest BCUT2D eigenvalue weighted by Gasteiger charge is 2.26. The van der Waals surface area contributed by atoms with Crippen LogP contribution in [-0.2, 0) is 14.3 Å². The number of methoxy groups -OCH3 is 1. The third-order valence-electron chi connectivity index (χ3n) is 4.63. The van der Waals surface area contributed by atoms with Crippen LogP contribution in [0.1, 0.15) is 28.4 Å². The number of benzene rings is 3. The number of hydrogen-bond donors (Lipinski definition) is 2. The molecular formula is C25H20ClN3O5. The van der Waals surface area contributed by atoms with Crippen molar-refractivity contribution in [2.24, 2.45) is 0 Å². The Morgan fingerprint density at radius 2 is 1.65 bits per heavy atom. The van der Waals surface area contributed by atoms with Crippen molar-refractivity contribution in [3.63, 3.8) is 0 Å². The molecule has 0 heterocycles. The average molecular weight is 478 g/mol. The molecular weight excluding hydrogens is 458 g/mol. The van der Waals surface area contributed by atoms with Crippen LogP contribution in [-0.4, -0.2) is 24.9 Å². The zero-order chi connectivity index (χ0) is 24.5. The van der Waals surface area contributed by atoms with E-state index in [2.05, 4.69) is 10.6 Å². The largest absolute Gasteiger partial charge is 0.495 e. The molecule has 172 valence electrons. The maximum Gasteiger partial charge on any atom is 0.339 e. The van der Waals surface area contributed by atoms with Crippen LogP contribution in [0.25, 0.3) is 0 Å². The maximum absolute atomic E-state index is 13.0. The maximum atomic E-state index is 13.0. The van der Waals surface area contributed by atoms with E-state index in [1.54, 1.807) is 48.5 Å². The van der Waals surface area contributed by atoms with Crippen LogP contribution in [0.3, 0.4) is 0 Å². The molecule has 9 heteroatoms. The van der Waals surface area contributed by atoms with Crippen LogP contribution < -0.4 is 15.4 Å². The van der Waals surface area contributed by atoms with E-state index >= 15 is 0 Å². The van der Waals surface area contributed by atoms with Gasteiger partial charge in [-0.3, -0.25) is 9.59 Å². The van der Waals surface area contributed by atoms with Crippen molar-refractivity contribution in [3.05, 3.63) is 88.9 Å². The fraction of sp³-hybridized carbons (Fsp3) is 0.120. The van der Waals surface area contributed by atoms with Crippen molar-refractivity contribution >= 4 is 40.8 Å². The number of hydrogen-bond acceptors (Lipinski definition) is 6. The Hall–Kier alpha value is -4.35. The lowest BCUT2D eigenvalue weighted by Gasteiger charge is -2.18. The SMILES string of the molecule is COc1ccc(NC(=O)[C@H](OC(=O)c2ccc(NC(=O)CC#N)cc2)c2ccccc2)cc1Cl. The molecule has 0 aliphatic heterocycles. The highest BCUT2D eigenvalue weighted by Crippen LogP contribution is 2.28. The van der Waals surface area contributed by atoms with Crippen LogP contribution in [0.4, 0.5) is 11.4 Å². The predicted octanol–water partition coefficient (Wildman–Crippen LogP) is 4.74. The molecule has 0 saturated carbocycles. The van der Waals surface area contributed by atoms with Crippen LogP contribution in [0.15, 0.2) is 72.8 Å². The summed E-state index contributed by atoms with van der Waals surface area (Å²) in [4.78, 5) is 37.4. The summed E-state index contributed by atoms with van der Waals surface area (Å²) in [6.45, 7) is 0. The standard InChI is InChI=1S/C25H20ClN3O5/c1-33-21-12-11-19(15-20(21)26)29-24(31)23(16-5-3-2-4-6-16)34-25(32)17-7-9-18(10-8-17)28-22(30)13-14-27/h2-12,15,23H,13H2,1H3,(H,28,30)(H,29,31)/t23-/m1/s1. The smallest absolute Gasteiger partial charge is 0.339 e. The Bertz CT molecular complexity index is 1220. The Labute approximate surface area is 201 Å². The minimum atomic E-state index is -1.23. The van der Waals surface area contributed by atoms with E-state index in [1.807, 2.05) is 0 Å². The molecule has 0 bridgehead atoms. The zero-order valence-electron chi connectivity index (χ0n) is 18.1. The topological polar surface area (TPSA) is 118 Å². The number of nitrogens with one attached hydrogen (secondary N) is 2. The van der Waals surface area contributed by atoms with Gasteiger partial charge in [-0.1, -0.05) is 41.9 Å². The molecule has 2 amide bonds. The number of nitrogens with zero attached hydrogens (tertiary/aromatic N) is 1. The van der Waals surface area contributed by atoms with Gasteiger partial charge in [-0.2, -0.15) is 5.26 Å². The van der Waals surface area contributed by atoms with E-state index in [0.717, 1.165) is 0 Å². The van der Waals surface area contributed by atoms with Gasteiger partial charge in [0.2, 0.25) is 12.0 Å². The van der Waals surface area contributed by atoms with Gasteiger partial charge in [-0.25, -0.2) is 4.79 Å². The molecule has 0 saturated heterocycles. The second kappa shape index (κ2) is 11.5. The van der Waals surface area contributed by atoms with Crippen LogP contribution >= 0.6 is 11.6 Å². The van der Waals surface area contributed by atoms with Gasteiger partial charge in [-0.05, 0) is 42.5 Å².